The second-order valence-corrected chi connectivity index (χ2v) is 5.84. The lowest BCUT2D eigenvalue weighted by atomic mass is 9.98. The summed E-state index contributed by atoms with van der Waals surface area (Å²) in [6.07, 6.45) is 2.12. The fourth-order valence-corrected chi connectivity index (χ4v) is 2.81. The van der Waals surface area contributed by atoms with Gasteiger partial charge in [0.05, 0.1) is 0 Å². The van der Waals surface area contributed by atoms with Gasteiger partial charge in [-0.25, -0.2) is 4.72 Å². The monoisotopic (exact) mass is 235 g/mol. The van der Waals surface area contributed by atoms with Gasteiger partial charge in [-0.05, 0) is 31.8 Å². The van der Waals surface area contributed by atoms with Crippen molar-refractivity contribution in [1.82, 2.24) is 14.3 Å². The van der Waals surface area contributed by atoms with Gasteiger partial charge in [0, 0.05) is 20.1 Å². The highest BCUT2D eigenvalue weighted by atomic mass is 32.2. The first-order valence-corrected chi connectivity index (χ1v) is 6.92. The summed E-state index contributed by atoms with van der Waals surface area (Å²) in [5.41, 5.74) is 0. The standard InChI is InChI=1S/C9H21N3O2S/c1-3-11-15(13,14)12(2)8-9-4-6-10-7-5-9/h9-11H,3-8H2,1-2H3. The van der Waals surface area contributed by atoms with Crippen molar-refractivity contribution >= 4 is 10.2 Å². The molecule has 2 N–H and O–H groups in total. The highest BCUT2D eigenvalue weighted by molar-refractivity contribution is 7.87. The summed E-state index contributed by atoms with van der Waals surface area (Å²) in [6, 6.07) is 0. The molecule has 1 fully saturated rings. The van der Waals surface area contributed by atoms with Crippen molar-refractivity contribution in [3.05, 3.63) is 0 Å². The van der Waals surface area contributed by atoms with Crippen LogP contribution in [0.25, 0.3) is 0 Å². The van der Waals surface area contributed by atoms with E-state index >= 15 is 0 Å². The van der Waals surface area contributed by atoms with Crippen LogP contribution in [0.4, 0.5) is 0 Å². The van der Waals surface area contributed by atoms with E-state index in [2.05, 4.69) is 10.0 Å². The lowest BCUT2D eigenvalue weighted by Crippen LogP contribution is -2.42. The molecule has 1 aliphatic rings. The minimum absolute atomic E-state index is 0.443. The summed E-state index contributed by atoms with van der Waals surface area (Å²) in [7, 11) is -1.61. The zero-order chi connectivity index (χ0) is 11.3. The van der Waals surface area contributed by atoms with Crippen molar-refractivity contribution < 1.29 is 8.42 Å². The third-order valence-electron chi connectivity index (χ3n) is 2.71. The molecule has 0 atom stereocenters. The number of rotatable bonds is 5. The molecule has 0 aromatic heterocycles. The molecule has 0 bridgehead atoms. The first kappa shape index (κ1) is 12.9. The zero-order valence-electron chi connectivity index (χ0n) is 9.49. The molecule has 90 valence electrons. The largest absolute Gasteiger partial charge is 0.317 e. The molecule has 1 saturated heterocycles. The summed E-state index contributed by atoms with van der Waals surface area (Å²) in [6.45, 7) is 4.85. The maximum atomic E-state index is 11.6. The highest BCUT2D eigenvalue weighted by Gasteiger charge is 2.21. The van der Waals surface area contributed by atoms with Crippen molar-refractivity contribution in [2.24, 2.45) is 5.92 Å². The Balaban J connectivity index is 2.43. The number of hydrogen-bond donors (Lipinski definition) is 2. The topological polar surface area (TPSA) is 61.4 Å². The summed E-state index contributed by atoms with van der Waals surface area (Å²) in [5, 5.41) is 3.27. The van der Waals surface area contributed by atoms with Crippen molar-refractivity contribution in [2.75, 3.05) is 33.2 Å². The molecule has 0 aliphatic carbocycles. The van der Waals surface area contributed by atoms with E-state index in [0.717, 1.165) is 25.9 Å². The van der Waals surface area contributed by atoms with Crippen LogP contribution in [0, 0.1) is 5.92 Å². The summed E-state index contributed by atoms with van der Waals surface area (Å²) in [4.78, 5) is 0. The Labute approximate surface area is 92.4 Å². The first-order valence-electron chi connectivity index (χ1n) is 5.48. The zero-order valence-corrected chi connectivity index (χ0v) is 10.3. The second kappa shape index (κ2) is 5.79. The van der Waals surface area contributed by atoms with Crippen LogP contribution >= 0.6 is 0 Å². The van der Waals surface area contributed by atoms with Gasteiger partial charge in [-0.15, -0.1) is 0 Å². The Morgan fingerprint density at radius 3 is 2.53 bits per heavy atom. The first-order chi connectivity index (χ1) is 7.06. The molecule has 0 aromatic carbocycles. The molecular formula is C9H21N3O2S. The number of hydrogen-bond acceptors (Lipinski definition) is 3. The molecule has 0 amide bonds. The molecular weight excluding hydrogens is 214 g/mol. The molecule has 5 nitrogen and oxygen atoms in total. The second-order valence-electron chi connectivity index (χ2n) is 3.98. The molecule has 1 heterocycles. The minimum Gasteiger partial charge on any atom is -0.317 e. The van der Waals surface area contributed by atoms with Crippen LogP contribution in [0.3, 0.4) is 0 Å². The maximum Gasteiger partial charge on any atom is 0.279 e. The molecule has 0 spiro atoms. The van der Waals surface area contributed by atoms with Gasteiger partial charge in [-0.1, -0.05) is 6.92 Å². The summed E-state index contributed by atoms with van der Waals surface area (Å²) >= 11 is 0. The van der Waals surface area contributed by atoms with Gasteiger partial charge >= 0.3 is 0 Å². The van der Waals surface area contributed by atoms with Gasteiger partial charge in [-0.3, -0.25) is 0 Å². The van der Waals surface area contributed by atoms with Crippen molar-refractivity contribution in [3.63, 3.8) is 0 Å². The van der Waals surface area contributed by atoms with Gasteiger partial charge < -0.3 is 5.32 Å². The quantitative estimate of drug-likeness (QED) is 0.692. The summed E-state index contributed by atoms with van der Waals surface area (Å²) < 4.78 is 27.1. The molecule has 1 rings (SSSR count). The molecule has 1 aliphatic heterocycles. The Hall–Kier alpha value is -0.170. The van der Waals surface area contributed by atoms with Crippen LogP contribution in [-0.4, -0.2) is 45.9 Å². The third kappa shape index (κ3) is 4.06. The maximum absolute atomic E-state index is 11.6. The molecule has 6 heteroatoms. The van der Waals surface area contributed by atoms with Gasteiger partial charge in [0.2, 0.25) is 0 Å². The normalized spacial score (nSPS) is 19.7. The highest BCUT2D eigenvalue weighted by Crippen LogP contribution is 2.13. The van der Waals surface area contributed by atoms with Crippen LogP contribution in [0.2, 0.25) is 0 Å². The Kier molecular flexibility index (Phi) is 4.98. The van der Waals surface area contributed by atoms with Crippen LogP contribution in [0.5, 0.6) is 0 Å². The Morgan fingerprint density at radius 2 is 2.00 bits per heavy atom. The predicted octanol–water partition coefficient (Wildman–Crippen LogP) is -0.228. The van der Waals surface area contributed by atoms with Gasteiger partial charge in [0.1, 0.15) is 0 Å². The minimum atomic E-state index is -3.25. The van der Waals surface area contributed by atoms with Crippen LogP contribution in [-0.2, 0) is 10.2 Å². The Morgan fingerprint density at radius 1 is 1.40 bits per heavy atom. The van der Waals surface area contributed by atoms with Gasteiger partial charge in [0.25, 0.3) is 10.2 Å². The molecule has 0 saturated carbocycles. The van der Waals surface area contributed by atoms with E-state index in [9.17, 15) is 8.42 Å². The smallest absolute Gasteiger partial charge is 0.279 e. The van der Waals surface area contributed by atoms with Crippen LogP contribution in [0.1, 0.15) is 19.8 Å². The average molecular weight is 235 g/mol. The van der Waals surface area contributed by atoms with Crippen LogP contribution in [0.15, 0.2) is 0 Å². The van der Waals surface area contributed by atoms with Gasteiger partial charge in [-0.2, -0.15) is 12.7 Å². The van der Waals surface area contributed by atoms with Gasteiger partial charge in [0.15, 0.2) is 0 Å². The van der Waals surface area contributed by atoms with E-state index in [1.54, 1.807) is 14.0 Å². The fraction of sp³-hybridized carbons (Fsp3) is 1.00. The van der Waals surface area contributed by atoms with E-state index in [-0.39, 0.29) is 0 Å². The van der Waals surface area contributed by atoms with E-state index in [0.29, 0.717) is 19.0 Å². The molecule has 0 radical (unpaired) electrons. The predicted molar refractivity (Wildman–Crippen MR) is 60.8 cm³/mol. The van der Waals surface area contributed by atoms with E-state index < -0.39 is 10.2 Å². The van der Waals surface area contributed by atoms with E-state index in [4.69, 9.17) is 0 Å². The van der Waals surface area contributed by atoms with Crippen molar-refractivity contribution in [3.8, 4) is 0 Å². The molecule has 0 unspecified atom stereocenters. The molecule has 15 heavy (non-hydrogen) atoms. The third-order valence-corrected chi connectivity index (χ3v) is 4.33. The fourth-order valence-electron chi connectivity index (χ4n) is 1.82. The van der Waals surface area contributed by atoms with Crippen LogP contribution < -0.4 is 10.0 Å². The lowest BCUT2D eigenvalue weighted by Gasteiger charge is -2.27. The van der Waals surface area contributed by atoms with E-state index in [1.165, 1.54) is 4.31 Å². The molecule has 0 aromatic rings. The average Bonchev–Trinajstić information content (AvgIpc) is 2.19. The Bertz CT molecular complexity index is 273. The summed E-state index contributed by atoms with van der Waals surface area (Å²) in [5.74, 6) is 0.490. The number of nitrogens with one attached hydrogen (secondary N) is 2. The number of piperidine rings is 1. The van der Waals surface area contributed by atoms with E-state index in [1.807, 2.05) is 0 Å². The van der Waals surface area contributed by atoms with Crippen molar-refractivity contribution in [1.29, 1.82) is 0 Å². The number of nitrogens with zero attached hydrogens (tertiary/aromatic N) is 1. The SMILES string of the molecule is CCNS(=O)(=O)N(C)CC1CCNCC1. The van der Waals surface area contributed by atoms with Crippen molar-refractivity contribution in [2.45, 2.75) is 19.8 Å². The lowest BCUT2D eigenvalue weighted by molar-refractivity contribution is 0.309.